The highest BCUT2D eigenvalue weighted by Gasteiger charge is 2.13. The van der Waals surface area contributed by atoms with Crippen molar-refractivity contribution in [3.8, 4) is 5.69 Å². The van der Waals surface area contributed by atoms with Gasteiger partial charge >= 0.3 is 0 Å². The van der Waals surface area contributed by atoms with Gasteiger partial charge in [-0.15, -0.1) is 5.10 Å². The normalized spacial score (nSPS) is 12.0. The van der Waals surface area contributed by atoms with Gasteiger partial charge in [-0.25, -0.2) is 4.68 Å². The quantitative estimate of drug-likeness (QED) is 0.802. The van der Waals surface area contributed by atoms with E-state index in [0.717, 1.165) is 22.3 Å². The highest BCUT2D eigenvalue weighted by molar-refractivity contribution is 5.86. The third-order valence-electron chi connectivity index (χ3n) is 3.26. The number of benzene rings is 1. The molecule has 108 valence electrons. The van der Waals surface area contributed by atoms with E-state index in [2.05, 4.69) is 53.5 Å². The summed E-state index contributed by atoms with van der Waals surface area (Å²) in [6.45, 7) is 7.13. The lowest BCUT2D eigenvalue weighted by molar-refractivity contribution is 0.418. The smallest absolute Gasteiger partial charge is 0.0959 e. The van der Waals surface area contributed by atoms with Crippen LogP contribution in [0.1, 0.15) is 26.5 Å². The standard InChI is InChI=1S/C16H19N5/c1-16(2,3)18-10-13-11-19-20-21(13)14-8-4-6-12-7-5-9-17-15(12)14/h4-9,11,18H,10H2,1-3H3. The molecule has 1 aromatic carbocycles. The summed E-state index contributed by atoms with van der Waals surface area (Å²) in [5, 5.41) is 12.8. The van der Waals surface area contributed by atoms with Gasteiger partial charge < -0.3 is 5.32 Å². The predicted octanol–water partition coefficient (Wildman–Crippen LogP) is 2.70. The molecule has 0 bridgehead atoms. The van der Waals surface area contributed by atoms with Crippen molar-refractivity contribution in [2.75, 3.05) is 0 Å². The lowest BCUT2D eigenvalue weighted by atomic mass is 10.1. The molecule has 2 heterocycles. The van der Waals surface area contributed by atoms with Crippen LogP contribution in [0.25, 0.3) is 16.6 Å². The van der Waals surface area contributed by atoms with E-state index in [1.54, 1.807) is 12.4 Å². The van der Waals surface area contributed by atoms with Gasteiger partial charge in [0.2, 0.25) is 0 Å². The van der Waals surface area contributed by atoms with Gasteiger partial charge in [-0.2, -0.15) is 0 Å². The van der Waals surface area contributed by atoms with Crippen molar-refractivity contribution in [2.45, 2.75) is 32.9 Å². The second-order valence-electron chi connectivity index (χ2n) is 6.09. The monoisotopic (exact) mass is 281 g/mol. The van der Waals surface area contributed by atoms with Gasteiger partial charge in [-0.1, -0.05) is 23.4 Å². The highest BCUT2D eigenvalue weighted by Crippen LogP contribution is 2.20. The molecule has 21 heavy (non-hydrogen) atoms. The Balaban J connectivity index is 2.02. The number of rotatable bonds is 3. The van der Waals surface area contributed by atoms with Crippen LogP contribution in [0.4, 0.5) is 0 Å². The fourth-order valence-corrected chi connectivity index (χ4v) is 2.19. The Morgan fingerprint density at radius 1 is 1.14 bits per heavy atom. The topological polar surface area (TPSA) is 55.6 Å². The average molecular weight is 281 g/mol. The lowest BCUT2D eigenvalue weighted by Gasteiger charge is -2.20. The molecular formula is C16H19N5. The van der Waals surface area contributed by atoms with E-state index >= 15 is 0 Å². The van der Waals surface area contributed by atoms with E-state index in [9.17, 15) is 0 Å². The van der Waals surface area contributed by atoms with Gasteiger partial charge in [0.05, 0.1) is 23.1 Å². The number of nitrogens with one attached hydrogen (secondary N) is 1. The summed E-state index contributed by atoms with van der Waals surface area (Å²) in [6.07, 6.45) is 3.59. The number of para-hydroxylation sites is 1. The molecule has 0 radical (unpaired) electrons. The van der Waals surface area contributed by atoms with E-state index < -0.39 is 0 Å². The van der Waals surface area contributed by atoms with Gasteiger partial charge in [0, 0.05) is 23.7 Å². The highest BCUT2D eigenvalue weighted by atomic mass is 15.4. The molecule has 5 heteroatoms. The van der Waals surface area contributed by atoms with Crippen molar-refractivity contribution in [1.82, 2.24) is 25.3 Å². The number of pyridine rings is 1. The summed E-state index contributed by atoms with van der Waals surface area (Å²) in [5.41, 5.74) is 2.95. The van der Waals surface area contributed by atoms with Crippen molar-refractivity contribution >= 4 is 10.9 Å². The molecule has 3 rings (SSSR count). The van der Waals surface area contributed by atoms with E-state index in [1.165, 1.54) is 0 Å². The first-order valence-corrected chi connectivity index (χ1v) is 7.03. The fraction of sp³-hybridized carbons (Fsp3) is 0.312. The second kappa shape index (κ2) is 5.26. The van der Waals surface area contributed by atoms with Crippen LogP contribution in [0.3, 0.4) is 0 Å². The largest absolute Gasteiger partial charge is 0.306 e. The Morgan fingerprint density at radius 3 is 2.76 bits per heavy atom. The van der Waals surface area contributed by atoms with E-state index in [1.807, 2.05) is 22.9 Å². The molecular weight excluding hydrogens is 262 g/mol. The Hall–Kier alpha value is -2.27. The second-order valence-corrected chi connectivity index (χ2v) is 6.09. The van der Waals surface area contributed by atoms with Crippen molar-refractivity contribution in [1.29, 1.82) is 0 Å². The number of nitrogens with zero attached hydrogens (tertiary/aromatic N) is 4. The third kappa shape index (κ3) is 2.92. The van der Waals surface area contributed by atoms with E-state index in [-0.39, 0.29) is 5.54 Å². The fourth-order valence-electron chi connectivity index (χ4n) is 2.19. The van der Waals surface area contributed by atoms with E-state index in [0.29, 0.717) is 6.54 Å². The summed E-state index contributed by atoms with van der Waals surface area (Å²) in [5.74, 6) is 0. The SMILES string of the molecule is CC(C)(C)NCc1cnnn1-c1cccc2cccnc12. The van der Waals surface area contributed by atoms with Crippen LogP contribution >= 0.6 is 0 Å². The van der Waals surface area contributed by atoms with Crippen LogP contribution in [0.15, 0.2) is 42.7 Å². The molecule has 0 fully saturated rings. The van der Waals surface area contributed by atoms with E-state index in [4.69, 9.17) is 0 Å². The summed E-state index contributed by atoms with van der Waals surface area (Å²) >= 11 is 0. The molecule has 0 aliphatic rings. The minimum Gasteiger partial charge on any atom is -0.306 e. The van der Waals surface area contributed by atoms with Gasteiger partial charge in [0.1, 0.15) is 0 Å². The molecule has 5 nitrogen and oxygen atoms in total. The van der Waals surface area contributed by atoms with Crippen molar-refractivity contribution in [3.05, 3.63) is 48.4 Å². The predicted molar refractivity (Wildman–Crippen MR) is 83.3 cm³/mol. The summed E-state index contributed by atoms with van der Waals surface area (Å²) in [7, 11) is 0. The van der Waals surface area contributed by atoms with Crippen LogP contribution in [-0.2, 0) is 6.54 Å². The molecule has 0 saturated carbocycles. The summed E-state index contributed by atoms with van der Waals surface area (Å²) in [4.78, 5) is 4.48. The summed E-state index contributed by atoms with van der Waals surface area (Å²) < 4.78 is 1.86. The van der Waals surface area contributed by atoms with Crippen molar-refractivity contribution in [3.63, 3.8) is 0 Å². The number of fused-ring (bicyclic) bond motifs is 1. The minimum atomic E-state index is 0.0477. The maximum absolute atomic E-state index is 4.48. The Bertz CT molecular complexity index is 749. The van der Waals surface area contributed by atoms with Crippen molar-refractivity contribution < 1.29 is 0 Å². The molecule has 0 amide bonds. The first kappa shape index (κ1) is 13.7. The zero-order valence-corrected chi connectivity index (χ0v) is 12.5. The van der Waals surface area contributed by atoms with Crippen LogP contribution < -0.4 is 5.32 Å². The number of hydrogen-bond donors (Lipinski definition) is 1. The molecule has 0 unspecified atom stereocenters. The van der Waals surface area contributed by atoms with Crippen LogP contribution in [0.5, 0.6) is 0 Å². The van der Waals surface area contributed by atoms with Crippen molar-refractivity contribution in [2.24, 2.45) is 0 Å². The summed E-state index contributed by atoms with van der Waals surface area (Å²) in [6, 6.07) is 10.1. The molecule has 3 aromatic rings. The Labute approximate surface area is 124 Å². The Kier molecular flexibility index (Phi) is 3.43. The molecule has 0 spiro atoms. The number of aromatic nitrogens is 4. The van der Waals surface area contributed by atoms with Gasteiger partial charge in [-0.3, -0.25) is 4.98 Å². The average Bonchev–Trinajstić information content (AvgIpc) is 2.92. The van der Waals surface area contributed by atoms with Gasteiger partial charge in [0.25, 0.3) is 0 Å². The zero-order chi connectivity index (χ0) is 14.9. The minimum absolute atomic E-state index is 0.0477. The Morgan fingerprint density at radius 2 is 1.95 bits per heavy atom. The van der Waals surface area contributed by atoms with Crippen LogP contribution in [0.2, 0.25) is 0 Å². The molecule has 1 N–H and O–H groups in total. The number of hydrogen-bond acceptors (Lipinski definition) is 4. The van der Waals surface area contributed by atoms with Gasteiger partial charge in [-0.05, 0) is 32.9 Å². The molecule has 0 saturated heterocycles. The molecule has 2 aromatic heterocycles. The molecule has 0 aliphatic carbocycles. The first-order valence-electron chi connectivity index (χ1n) is 7.03. The lowest BCUT2D eigenvalue weighted by Crippen LogP contribution is -2.35. The third-order valence-corrected chi connectivity index (χ3v) is 3.26. The maximum Gasteiger partial charge on any atom is 0.0959 e. The van der Waals surface area contributed by atoms with Crippen LogP contribution in [-0.4, -0.2) is 25.5 Å². The van der Waals surface area contributed by atoms with Gasteiger partial charge in [0.15, 0.2) is 0 Å². The molecule has 0 aliphatic heterocycles. The zero-order valence-electron chi connectivity index (χ0n) is 12.5. The first-order chi connectivity index (χ1) is 10.0. The molecule has 0 atom stereocenters. The maximum atomic E-state index is 4.48. The van der Waals surface area contributed by atoms with Crippen LogP contribution in [0, 0.1) is 0 Å².